The van der Waals surface area contributed by atoms with Gasteiger partial charge in [0.15, 0.2) is 0 Å². The molecule has 0 saturated carbocycles. The van der Waals surface area contributed by atoms with Crippen LogP contribution in [-0.4, -0.2) is 50.7 Å². The van der Waals surface area contributed by atoms with Crippen LogP contribution in [-0.2, 0) is 17.6 Å². The first-order chi connectivity index (χ1) is 9.90. The zero-order chi connectivity index (χ0) is 15.6. The first-order valence-corrected chi connectivity index (χ1v) is 8.00. The van der Waals surface area contributed by atoms with E-state index in [-0.39, 0.29) is 6.61 Å². The van der Waals surface area contributed by atoms with E-state index in [0.717, 1.165) is 18.5 Å². The van der Waals surface area contributed by atoms with Crippen molar-refractivity contribution < 1.29 is 19.7 Å². The zero-order valence-electron chi connectivity index (χ0n) is 12.6. The summed E-state index contributed by atoms with van der Waals surface area (Å²) >= 11 is 1.60. The third-order valence-electron chi connectivity index (χ3n) is 3.77. The molecule has 2 unspecified atom stereocenters. The van der Waals surface area contributed by atoms with Crippen LogP contribution in [0.1, 0.15) is 37.8 Å². The standard InChI is InChI=1S/C14H22N2O4S/c1-4-5-12-9(15-8-21-12)6-10-11(7-17)20-14(2,3)16(10)13(18)19/h8,10-11,17H,4-7H2,1-3H3,(H,18,19). The number of amides is 1. The van der Waals surface area contributed by atoms with E-state index in [0.29, 0.717) is 6.42 Å². The number of aromatic nitrogens is 1. The van der Waals surface area contributed by atoms with E-state index in [2.05, 4.69) is 11.9 Å². The Morgan fingerprint density at radius 3 is 2.86 bits per heavy atom. The summed E-state index contributed by atoms with van der Waals surface area (Å²) in [5, 5.41) is 19.0. The average Bonchev–Trinajstić information content (AvgIpc) is 2.92. The minimum absolute atomic E-state index is 0.203. The predicted molar refractivity (Wildman–Crippen MR) is 79.5 cm³/mol. The van der Waals surface area contributed by atoms with Crippen LogP contribution in [0.2, 0.25) is 0 Å². The van der Waals surface area contributed by atoms with Gasteiger partial charge in [0, 0.05) is 11.3 Å². The van der Waals surface area contributed by atoms with Crippen LogP contribution in [0.5, 0.6) is 0 Å². The lowest BCUT2D eigenvalue weighted by Gasteiger charge is -2.30. The maximum atomic E-state index is 11.6. The van der Waals surface area contributed by atoms with Gasteiger partial charge < -0.3 is 14.9 Å². The van der Waals surface area contributed by atoms with Crippen molar-refractivity contribution in [2.24, 2.45) is 0 Å². The summed E-state index contributed by atoms with van der Waals surface area (Å²) in [5.74, 6) is 0. The van der Waals surface area contributed by atoms with Gasteiger partial charge in [0.05, 0.1) is 23.9 Å². The number of thiazole rings is 1. The first-order valence-electron chi connectivity index (χ1n) is 7.12. The summed E-state index contributed by atoms with van der Waals surface area (Å²) in [6.45, 7) is 5.31. The van der Waals surface area contributed by atoms with E-state index >= 15 is 0 Å². The number of aliphatic hydroxyl groups excluding tert-OH is 1. The fourth-order valence-corrected chi connectivity index (χ4v) is 3.82. The SMILES string of the molecule is CCCc1scnc1CC1C(CO)OC(C)(C)N1C(=O)O. The largest absolute Gasteiger partial charge is 0.465 e. The second-order valence-corrected chi connectivity index (χ2v) is 6.62. The van der Waals surface area contributed by atoms with Gasteiger partial charge in [0.2, 0.25) is 0 Å². The lowest BCUT2D eigenvalue weighted by Crippen LogP contribution is -2.48. The highest BCUT2D eigenvalue weighted by molar-refractivity contribution is 7.09. The molecule has 0 radical (unpaired) electrons. The van der Waals surface area contributed by atoms with Crippen molar-refractivity contribution in [3.05, 3.63) is 16.1 Å². The Hall–Kier alpha value is -1.18. The third-order valence-corrected chi connectivity index (χ3v) is 4.71. The lowest BCUT2D eigenvalue weighted by atomic mass is 10.0. The number of aryl methyl sites for hydroxylation is 1. The van der Waals surface area contributed by atoms with E-state index in [1.807, 2.05) is 0 Å². The van der Waals surface area contributed by atoms with Gasteiger partial charge >= 0.3 is 6.09 Å². The Morgan fingerprint density at radius 1 is 1.57 bits per heavy atom. The molecule has 1 amide bonds. The van der Waals surface area contributed by atoms with Crippen molar-refractivity contribution in [3.8, 4) is 0 Å². The molecule has 2 N–H and O–H groups in total. The van der Waals surface area contributed by atoms with Gasteiger partial charge in [-0.15, -0.1) is 11.3 Å². The van der Waals surface area contributed by atoms with Crippen molar-refractivity contribution in [3.63, 3.8) is 0 Å². The number of hydrogen-bond donors (Lipinski definition) is 2. The molecule has 1 aromatic rings. The van der Waals surface area contributed by atoms with Crippen LogP contribution in [0, 0.1) is 0 Å². The van der Waals surface area contributed by atoms with Crippen molar-refractivity contribution in [1.82, 2.24) is 9.88 Å². The molecule has 2 heterocycles. The van der Waals surface area contributed by atoms with E-state index in [9.17, 15) is 15.0 Å². The van der Waals surface area contributed by atoms with Gasteiger partial charge in [-0.3, -0.25) is 4.90 Å². The van der Waals surface area contributed by atoms with Crippen LogP contribution in [0.4, 0.5) is 4.79 Å². The van der Waals surface area contributed by atoms with Crippen LogP contribution >= 0.6 is 11.3 Å². The molecule has 2 rings (SSSR count). The van der Waals surface area contributed by atoms with Crippen molar-refractivity contribution >= 4 is 17.4 Å². The number of carbonyl (C=O) groups is 1. The van der Waals surface area contributed by atoms with Gasteiger partial charge in [-0.05, 0) is 20.3 Å². The summed E-state index contributed by atoms with van der Waals surface area (Å²) in [5.41, 5.74) is 1.77. The molecule has 0 aromatic carbocycles. The van der Waals surface area contributed by atoms with Gasteiger partial charge in [0.1, 0.15) is 11.8 Å². The summed E-state index contributed by atoms with van der Waals surface area (Å²) in [7, 11) is 0. The number of hydrogen-bond acceptors (Lipinski definition) is 5. The number of carboxylic acid groups (broad SMARTS) is 1. The van der Waals surface area contributed by atoms with Crippen molar-refractivity contribution in [2.45, 2.75) is 57.9 Å². The number of ether oxygens (including phenoxy) is 1. The highest BCUT2D eigenvalue weighted by Crippen LogP contribution is 2.34. The molecule has 21 heavy (non-hydrogen) atoms. The Labute approximate surface area is 128 Å². The Morgan fingerprint density at radius 2 is 2.29 bits per heavy atom. The maximum absolute atomic E-state index is 11.6. The third kappa shape index (κ3) is 3.20. The van der Waals surface area contributed by atoms with Gasteiger partial charge in [0.25, 0.3) is 0 Å². The predicted octanol–water partition coefficient (Wildman–Crippen LogP) is 2.11. The van der Waals surface area contributed by atoms with Gasteiger partial charge in [-0.1, -0.05) is 13.3 Å². The molecule has 7 heteroatoms. The lowest BCUT2D eigenvalue weighted by molar-refractivity contribution is -0.0770. The normalized spacial score (nSPS) is 24.5. The summed E-state index contributed by atoms with van der Waals surface area (Å²) < 4.78 is 5.70. The summed E-state index contributed by atoms with van der Waals surface area (Å²) in [6.07, 6.45) is 0.877. The second kappa shape index (κ2) is 6.29. The van der Waals surface area contributed by atoms with Crippen molar-refractivity contribution in [2.75, 3.05) is 6.61 Å². The molecule has 1 saturated heterocycles. The van der Waals surface area contributed by atoms with Crippen LogP contribution in [0.15, 0.2) is 5.51 Å². The molecular formula is C14H22N2O4S. The second-order valence-electron chi connectivity index (χ2n) is 5.68. The summed E-state index contributed by atoms with van der Waals surface area (Å²) in [4.78, 5) is 18.4. The molecule has 1 fully saturated rings. The molecule has 0 aliphatic carbocycles. The fourth-order valence-electron chi connectivity index (χ4n) is 2.91. The summed E-state index contributed by atoms with van der Waals surface area (Å²) in [6, 6.07) is -0.416. The maximum Gasteiger partial charge on any atom is 0.409 e. The Bertz CT molecular complexity index is 503. The molecule has 6 nitrogen and oxygen atoms in total. The number of rotatable bonds is 5. The van der Waals surface area contributed by atoms with Gasteiger partial charge in [-0.25, -0.2) is 9.78 Å². The molecule has 0 spiro atoms. The van der Waals surface area contributed by atoms with Gasteiger partial charge in [-0.2, -0.15) is 0 Å². The smallest absolute Gasteiger partial charge is 0.409 e. The Kier molecular flexibility index (Phi) is 4.85. The van der Waals surface area contributed by atoms with E-state index < -0.39 is 24.0 Å². The monoisotopic (exact) mass is 314 g/mol. The molecule has 118 valence electrons. The number of nitrogens with zero attached hydrogens (tertiary/aromatic N) is 2. The first kappa shape index (κ1) is 16.2. The molecule has 2 atom stereocenters. The molecule has 1 aromatic heterocycles. The highest BCUT2D eigenvalue weighted by atomic mass is 32.1. The topological polar surface area (TPSA) is 82.9 Å². The van der Waals surface area contributed by atoms with Crippen LogP contribution in [0.25, 0.3) is 0 Å². The quantitative estimate of drug-likeness (QED) is 0.870. The minimum Gasteiger partial charge on any atom is -0.465 e. The molecule has 0 bridgehead atoms. The molecular weight excluding hydrogens is 292 g/mol. The minimum atomic E-state index is -1.03. The fraction of sp³-hybridized carbons (Fsp3) is 0.714. The molecule has 1 aliphatic heterocycles. The van der Waals surface area contributed by atoms with E-state index in [4.69, 9.17) is 4.74 Å². The number of aliphatic hydroxyl groups is 1. The average molecular weight is 314 g/mol. The highest BCUT2D eigenvalue weighted by Gasteiger charge is 2.50. The molecule has 1 aliphatic rings. The zero-order valence-corrected chi connectivity index (χ0v) is 13.4. The van der Waals surface area contributed by atoms with Crippen molar-refractivity contribution in [1.29, 1.82) is 0 Å². The van der Waals surface area contributed by atoms with E-state index in [1.165, 1.54) is 9.78 Å². The van der Waals surface area contributed by atoms with E-state index in [1.54, 1.807) is 30.7 Å². The Balaban J connectivity index is 2.26. The van der Waals surface area contributed by atoms with Crippen LogP contribution < -0.4 is 0 Å². The van der Waals surface area contributed by atoms with Crippen LogP contribution in [0.3, 0.4) is 0 Å².